The number of benzene rings is 1. The third-order valence-electron chi connectivity index (χ3n) is 1.90. The summed E-state index contributed by atoms with van der Waals surface area (Å²) < 4.78 is 39.6. The lowest BCUT2D eigenvalue weighted by molar-refractivity contribution is -0.274. The fraction of sp³-hybridized carbons (Fsp3) is 0.364. The Balaban J connectivity index is 2.64. The predicted octanol–water partition coefficient (Wildman–Crippen LogP) is 3.16. The van der Waals surface area contributed by atoms with Crippen LogP contribution in [0.15, 0.2) is 24.3 Å². The maximum atomic E-state index is 12.0. The molecule has 0 spiro atoms. The number of nitriles is 1. The maximum Gasteiger partial charge on any atom is 0.573 e. The van der Waals surface area contributed by atoms with Crippen LogP contribution in [-0.4, -0.2) is 12.9 Å². The fourth-order valence-corrected chi connectivity index (χ4v) is 1.12. The van der Waals surface area contributed by atoms with Crippen molar-refractivity contribution in [1.29, 1.82) is 5.26 Å². The normalized spacial score (nSPS) is 12.6. The maximum absolute atomic E-state index is 12.0. The van der Waals surface area contributed by atoms with E-state index in [1.807, 2.05) is 6.07 Å². The van der Waals surface area contributed by atoms with E-state index in [0.29, 0.717) is 12.2 Å². The number of ether oxygens (including phenoxy) is 1. The van der Waals surface area contributed by atoms with E-state index in [2.05, 4.69) is 10.1 Å². The zero-order chi connectivity index (χ0) is 12.9. The van der Waals surface area contributed by atoms with Gasteiger partial charge in [-0.25, -0.2) is 0 Å². The van der Waals surface area contributed by atoms with Gasteiger partial charge in [0.25, 0.3) is 0 Å². The van der Waals surface area contributed by atoms with Crippen molar-refractivity contribution in [2.75, 3.05) is 11.9 Å². The first-order chi connectivity index (χ1) is 7.90. The monoisotopic (exact) mass is 244 g/mol. The number of alkyl halides is 3. The molecule has 1 aromatic rings. The zero-order valence-corrected chi connectivity index (χ0v) is 9.08. The molecule has 1 N–H and O–H groups in total. The third kappa shape index (κ3) is 5.11. The van der Waals surface area contributed by atoms with Gasteiger partial charge in [-0.05, 0) is 19.1 Å². The summed E-state index contributed by atoms with van der Waals surface area (Å²) >= 11 is 0. The van der Waals surface area contributed by atoms with Crippen LogP contribution < -0.4 is 10.1 Å². The van der Waals surface area contributed by atoms with Crippen LogP contribution in [0.3, 0.4) is 0 Å². The van der Waals surface area contributed by atoms with Crippen molar-refractivity contribution in [3.8, 4) is 11.8 Å². The molecule has 3 nitrogen and oxygen atoms in total. The molecule has 17 heavy (non-hydrogen) atoms. The van der Waals surface area contributed by atoms with Gasteiger partial charge in [0.2, 0.25) is 0 Å². The highest BCUT2D eigenvalue weighted by molar-refractivity contribution is 5.48. The molecule has 0 bridgehead atoms. The molecule has 0 amide bonds. The van der Waals surface area contributed by atoms with Crippen molar-refractivity contribution in [3.05, 3.63) is 24.3 Å². The number of halogens is 3. The van der Waals surface area contributed by atoms with Crippen LogP contribution in [-0.2, 0) is 0 Å². The minimum absolute atomic E-state index is 0.220. The van der Waals surface area contributed by atoms with E-state index in [0.717, 1.165) is 0 Å². The van der Waals surface area contributed by atoms with Crippen molar-refractivity contribution in [1.82, 2.24) is 0 Å². The summed E-state index contributed by atoms with van der Waals surface area (Å²) in [6, 6.07) is 7.51. The van der Waals surface area contributed by atoms with Crippen LogP contribution in [0.5, 0.6) is 5.75 Å². The summed E-state index contributed by atoms with van der Waals surface area (Å²) in [6.45, 7) is 2.08. The highest BCUT2D eigenvalue weighted by Crippen LogP contribution is 2.24. The van der Waals surface area contributed by atoms with E-state index in [1.54, 1.807) is 13.0 Å². The average molecular weight is 244 g/mol. The lowest BCUT2D eigenvalue weighted by Crippen LogP contribution is -2.17. The smallest absolute Gasteiger partial charge is 0.406 e. The third-order valence-corrected chi connectivity index (χ3v) is 1.90. The summed E-state index contributed by atoms with van der Waals surface area (Å²) in [5.74, 6) is -0.505. The summed E-state index contributed by atoms with van der Waals surface area (Å²) in [6.07, 6.45) is -4.70. The van der Waals surface area contributed by atoms with E-state index in [9.17, 15) is 13.2 Å². The van der Waals surface area contributed by atoms with Crippen LogP contribution in [0.2, 0.25) is 0 Å². The van der Waals surface area contributed by atoms with Crippen LogP contribution in [0.1, 0.15) is 6.92 Å². The Bertz CT molecular complexity index is 412. The van der Waals surface area contributed by atoms with Gasteiger partial charge in [-0.3, -0.25) is 0 Å². The number of hydrogen-bond donors (Lipinski definition) is 1. The fourth-order valence-electron chi connectivity index (χ4n) is 1.12. The number of nitrogens with one attached hydrogen (secondary N) is 1. The van der Waals surface area contributed by atoms with Crippen molar-refractivity contribution in [2.24, 2.45) is 5.92 Å². The van der Waals surface area contributed by atoms with E-state index in [4.69, 9.17) is 5.26 Å². The number of nitrogens with zero attached hydrogens (tertiary/aromatic N) is 1. The minimum atomic E-state index is -4.70. The van der Waals surface area contributed by atoms with Crippen molar-refractivity contribution in [3.63, 3.8) is 0 Å². The van der Waals surface area contributed by atoms with Crippen molar-refractivity contribution in [2.45, 2.75) is 13.3 Å². The van der Waals surface area contributed by atoms with Crippen molar-refractivity contribution < 1.29 is 17.9 Å². The van der Waals surface area contributed by atoms with Crippen LogP contribution in [0.4, 0.5) is 18.9 Å². The molecular weight excluding hydrogens is 233 g/mol. The first-order valence-electron chi connectivity index (χ1n) is 4.90. The number of rotatable bonds is 4. The first kappa shape index (κ1) is 13.2. The summed E-state index contributed by atoms with van der Waals surface area (Å²) in [4.78, 5) is 0. The highest BCUT2D eigenvalue weighted by Gasteiger charge is 2.31. The molecule has 0 aromatic heterocycles. The lowest BCUT2D eigenvalue weighted by atomic mass is 10.2. The number of hydrogen-bond acceptors (Lipinski definition) is 3. The highest BCUT2D eigenvalue weighted by atomic mass is 19.4. The van der Waals surface area contributed by atoms with E-state index >= 15 is 0 Å². The molecule has 1 atom stereocenters. The van der Waals surface area contributed by atoms with Gasteiger partial charge in [0.15, 0.2) is 0 Å². The Labute approximate surface area is 96.8 Å². The molecule has 6 heteroatoms. The second-order valence-corrected chi connectivity index (χ2v) is 3.49. The summed E-state index contributed by atoms with van der Waals surface area (Å²) in [5, 5.41) is 11.4. The van der Waals surface area contributed by atoms with Crippen LogP contribution >= 0.6 is 0 Å². The molecule has 0 heterocycles. The van der Waals surface area contributed by atoms with Gasteiger partial charge in [-0.2, -0.15) is 5.26 Å². The molecule has 0 aliphatic rings. The van der Waals surface area contributed by atoms with Gasteiger partial charge in [0, 0.05) is 18.3 Å². The SMILES string of the molecule is CC(C#N)CNc1cccc(OC(F)(F)F)c1. The molecule has 1 aromatic carbocycles. The van der Waals surface area contributed by atoms with Gasteiger partial charge in [0.1, 0.15) is 5.75 Å². The largest absolute Gasteiger partial charge is 0.573 e. The number of anilines is 1. The molecule has 1 unspecified atom stereocenters. The summed E-state index contributed by atoms with van der Waals surface area (Å²) in [5.41, 5.74) is 0.480. The molecule has 0 aliphatic heterocycles. The van der Waals surface area contributed by atoms with E-state index in [1.165, 1.54) is 18.2 Å². The van der Waals surface area contributed by atoms with Gasteiger partial charge < -0.3 is 10.1 Å². The average Bonchev–Trinajstić information content (AvgIpc) is 2.24. The van der Waals surface area contributed by atoms with Gasteiger partial charge in [-0.15, -0.1) is 13.2 Å². The van der Waals surface area contributed by atoms with Crippen LogP contribution in [0, 0.1) is 17.2 Å². The standard InChI is InChI=1S/C11H11F3N2O/c1-8(6-15)7-16-9-3-2-4-10(5-9)17-11(12,13)14/h2-5,8,16H,7H2,1H3. The molecule has 0 radical (unpaired) electrons. The van der Waals surface area contributed by atoms with Crippen molar-refractivity contribution >= 4 is 5.69 Å². The van der Waals surface area contributed by atoms with E-state index in [-0.39, 0.29) is 11.7 Å². The van der Waals surface area contributed by atoms with Gasteiger partial charge >= 0.3 is 6.36 Å². The Morgan fingerprint density at radius 3 is 2.76 bits per heavy atom. The van der Waals surface area contributed by atoms with Gasteiger partial charge in [0.05, 0.1) is 12.0 Å². The van der Waals surface area contributed by atoms with Crippen LogP contribution in [0.25, 0.3) is 0 Å². The zero-order valence-electron chi connectivity index (χ0n) is 9.08. The summed E-state index contributed by atoms with van der Waals surface area (Å²) in [7, 11) is 0. The molecule has 0 fully saturated rings. The molecule has 0 aliphatic carbocycles. The molecule has 0 saturated heterocycles. The second kappa shape index (κ2) is 5.43. The van der Waals surface area contributed by atoms with Gasteiger partial charge in [-0.1, -0.05) is 6.07 Å². The Morgan fingerprint density at radius 1 is 1.47 bits per heavy atom. The molecular formula is C11H11F3N2O. The molecule has 1 rings (SSSR count). The van der Waals surface area contributed by atoms with E-state index < -0.39 is 6.36 Å². The molecule has 0 saturated carbocycles. The Kier molecular flexibility index (Phi) is 4.21. The Morgan fingerprint density at radius 2 is 2.18 bits per heavy atom. The molecule has 92 valence electrons. The first-order valence-corrected chi connectivity index (χ1v) is 4.90. The topological polar surface area (TPSA) is 45.0 Å². The second-order valence-electron chi connectivity index (χ2n) is 3.49. The predicted molar refractivity (Wildman–Crippen MR) is 56.4 cm³/mol. The minimum Gasteiger partial charge on any atom is -0.406 e. The quantitative estimate of drug-likeness (QED) is 0.884. The Hall–Kier alpha value is -1.90. The lowest BCUT2D eigenvalue weighted by Gasteiger charge is -2.11.